The largest absolute Gasteiger partial charge is 0.495 e. The first-order valence-corrected chi connectivity index (χ1v) is 11.8. The normalized spacial score (nSPS) is 26.3. The summed E-state index contributed by atoms with van der Waals surface area (Å²) in [6, 6.07) is 12.7. The Balaban J connectivity index is 1.60. The number of methoxy groups -OCH3 is 1. The van der Waals surface area contributed by atoms with Crippen LogP contribution in [0, 0.1) is 23.2 Å². The summed E-state index contributed by atoms with van der Waals surface area (Å²) in [4.78, 5) is 31.6. The summed E-state index contributed by atoms with van der Waals surface area (Å²) in [5, 5.41) is 7.43. The van der Waals surface area contributed by atoms with Crippen LogP contribution in [-0.4, -0.2) is 24.7 Å². The number of carbonyl (C=O) groups excluding carboxylic acids is 2. The Bertz CT molecular complexity index is 1140. The van der Waals surface area contributed by atoms with Gasteiger partial charge in [-0.1, -0.05) is 47.9 Å². The van der Waals surface area contributed by atoms with Crippen molar-refractivity contribution in [1.82, 2.24) is 0 Å². The van der Waals surface area contributed by atoms with Crippen molar-refractivity contribution in [3.63, 3.8) is 0 Å². The SMILES string of the molecule is COc1ccc(C)cc1NC(=O)C12CCC(C)(C(=NOC(=O)c3ccc(Br)cc3)C1)C2(C)C. The van der Waals surface area contributed by atoms with E-state index in [2.05, 4.69) is 47.2 Å². The van der Waals surface area contributed by atoms with Gasteiger partial charge in [0.2, 0.25) is 5.91 Å². The molecule has 0 saturated heterocycles. The van der Waals surface area contributed by atoms with E-state index in [0.717, 1.165) is 28.6 Å². The molecule has 2 aromatic rings. The Morgan fingerprint density at radius 1 is 1.06 bits per heavy atom. The van der Waals surface area contributed by atoms with Gasteiger partial charge in [-0.3, -0.25) is 4.79 Å². The number of nitrogens with zero attached hydrogens (tertiary/aromatic N) is 1. The van der Waals surface area contributed by atoms with Gasteiger partial charge in [0.15, 0.2) is 0 Å². The van der Waals surface area contributed by atoms with Gasteiger partial charge < -0.3 is 14.9 Å². The molecule has 0 heterocycles. The minimum absolute atomic E-state index is 0.0513. The van der Waals surface area contributed by atoms with Crippen LogP contribution >= 0.6 is 15.9 Å². The number of hydrogen-bond donors (Lipinski definition) is 1. The van der Waals surface area contributed by atoms with Crippen molar-refractivity contribution in [1.29, 1.82) is 0 Å². The number of ether oxygens (including phenoxy) is 1. The smallest absolute Gasteiger partial charge is 0.365 e. The van der Waals surface area contributed by atoms with Crippen molar-refractivity contribution < 1.29 is 19.2 Å². The van der Waals surface area contributed by atoms with E-state index in [1.807, 2.05) is 25.1 Å². The van der Waals surface area contributed by atoms with Crippen LogP contribution in [0.5, 0.6) is 5.75 Å². The van der Waals surface area contributed by atoms with E-state index in [4.69, 9.17) is 9.57 Å². The summed E-state index contributed by atoms with van der Waals surface area (Å²) >= 11 is 3.36. The number of halogens is 1. The molecule has 174 valence electrons. The number of hydrogen-bond acceptors (Lipinski definition) is 5. The Morgan fingerprint density at radius 3 is 2.42 bits per heavy atom. The number of aryl methyl sites for hydroxylation is 1. The minimum Gasteiger partial charge on any atom is -0.495 e. The van der Waals surface area contributed by atoms with Crippen molar-refractivity contribution in [2.75, 3.05) is 12.4 Å². The molecular weight excluding hydrogens is 484 g/mol. The van der Waals surface area contributed by atoms with Crippen molar-refractivity contribution in [3.8, 4) is 5.75 Å². The molecule has 7 heteroatoms. The van der Waals surface area contributed by atoms with E-state index < -0.39 is 11.4 Å². The molecular formula is C26H29BrN2O4. The summed E-state index contributed by atoms with van der Waals surface area (Å²) in [7, 11) is 1.59. The zero-order valence-corrected chi connectivity index (χ0v) is 21.2. The van der Waals surface area contributed by atoms with Gasteiger partial charge in [0.05, 0.1) is 29.5 Å². The number of anilines is 1. The molecule has 2 atom stereocenters. The number of benzene rings is 2. The predicted octanol–water partition coefficient (Wildman–Crippen LogP) is 6.13. The molecule has 0 spiro atoms. The van der Waals surface area contributed by atoms with Gasteiger partial charge >= 0.3 is 5.97 Å². The van der Waals surface area contributed by atoms with Gasteiger partial charge in [-0.2, -0.15) is 0 Å². The highest BCUT2D eigenvalue weighted by atomic mass is 79.9. The Morgan fingerprint density at radius 2 is 1.76 bits per heavy atom. The molecule has 2 aromatic carbocycles. The van der Waals surface area contributed by atoms with Crippen LogP contribution < -0.4 is 10.1 Å². The quantitative estimate of drug-likeness (QED) is 0.385. The molecule has 2 bridgehead atoms. The molecule has 6 nitrogen and oxygen atoms in total. The second kappa shape index (κ2) is 8.28. The van der Waals surface area contributed by atoms with Gasteiger partial charge in [-0.05, 0) is 67.1 Å². The van der Waals surface area contributed by atoms with Crippen LogP contribution in [0.4, 0.5) is 5.69 Å². The van der Waals surface area contributed by atoms with Crippen molar-refractivity contribution in [3.05, 3.63) is 58.1 Å². The summed E-state index contributed by atoms with van der Waals surface area (Å²) < 4.78 is 6.33. The van der Waals surface area contributed by atoms with Gasteiger partial charge in [-0.15, -0.1) is 0 Å². The van der Waals surface area contributed by atoms with Gasteiger partial charge in [0, 0.05) is 16.3 Å². The van der Waals surface area contributed by atoms with Crippen LogP contribution in [0.3, 0.4) is 0 Å². The van der Waals surface area contributed by atoms with Gasteiger partial charge in [0.1, 0.15) is 5.75 Å². The molecule has 0 radical (unpaired) electrons. The number of amides is 1. The van der Waals surface area contributed by atoms with E-state index in [0.29, 0.717) is 23.4 Å². The monoisotopic (exact) mass is 512 g/mol. The van der Waals surface area contributed by atoms with Crippen LogP contribution in [0.15, 0.2) is 52.1 Å². The first-order chi connectivity index (χ1) is 15.5. The van der Waals surface area contributed by atoms with E-state index in [9.17, 15) is 9.59 Å². The molecule has 2 aliphatic carbocycles. The van der Waals surface area contributed by atoms with Gasteiger partial charge in [0.25, 0.3) is 0 Å². The molecule has 2 unspecified atom stereocenters. The predicted molar refractivity (Wildman–Crippen MR) is 132 cm³/mol. The van der Waals surface area contributed by atoms with Crippen LogP contribution in [0.1, 0.15) is 56.0 Å². The Kier molecular flexibility index (Phi) is 5.89. The second-order valence-corrected chi connectivity index (χ2v) is 10.7. The summed E-state index contributed by atoms with van der Waals surface area (Å²) in [5.41, 5.74) is 1.51. The maximum atomic E-state index is 13.7. The molecule has 2 fully saturated rings. The van der Waals surface area contributed by atoms with Gasteiger partial charge in [-0.25, -0.2) is 4.79 Å². The third-order valence-corrected chi connectivity index (χ3v) is 8.62. The fourth-order valence-corrected chi connectivity index (χ4v) is 5.68. The summed E-state index contributed by atoms with van der Waals surface area (Å²) in [6.07, 6.45) is 1.99. The number of rotatable bonds is 5. The minimum atomic E-state index is -0.653. The number of oxime groups is 1. The zero-order chi connectivity index (χ0) is 24.0. The summed E-state index contributed by atoms with van der Waals surface area (Å²) in [6.45, 7) is 8.33. The average molecular weight is 513 g/mol. The third-order valence-electron chi connectivity index (χ3n) is 8.09. The topological polar surface area (TPSA) is 77.0 Å². The standard InChI is InChI=1S/C26H29BrN2O4/c1-16-6-11-20(32-5)19(14-16)28-23(31)26-13-12-25(4,24(26,2)3)21(15-26)29-33-22(30)17-7-9-18(27)10-8-17/h6-11,14H,12-13,15H2,1-5H3,(H,28,31). The Hall–Kier alpha value is -2.67. The van der Waals surface area contributed by atoms with Crippen LogP contribution in [0.2, 0.25) is 0 Å². The van der Waals surface area contributed by atoms with Crippen LogP contribution in [-0.2, 0) is 9.63 Å². The van der Waals surface area contributed by atoms with E-state index in [1.54, 1.807) is 31.4 Å². The zero-order valence-electron chi connectivity index (χ0n) is 19.6. The fraction of sp³-hybridized carbons (Fsp3) is 0.423. The third kappa shape index (κ3) is 3.66. The molecule has 0 aromatic heterocycles. The first-order valence-electron chi connectivity index (χ1n) is 11.0. The average Bonchev–Trinajstić information content (AvgIpc) is 3.09. The molecule has 4 rings (SSSR count). The lowest BCUT2D eigenvalue weighted by Crippen LogP contribution is -2.43. The maximum Gasteiger partial charge on any atom is 0.365 e. The van der Waals surface area contributed by atoms with E-state index >= 15 is 0 Å². The maximum absolute atomic E-state index is 13.7. The molecule has 2 saturated carbocycles. The van der Waals surface area contributed by atoms with Crippen LogP contribution in [0.25, 0.3) is 0 Å². The fourth-order valence-electron chi connectivity index (χ4n) is 5.42. The first kappa shape index (κ1) is 23.5. The highest BCUT2D eigenvalue weighted by Crippen LogP contribution is 2.71. The lowest BCUT2D eigenvalue weighted by atomic mass is 9.64. The van der Waals surface area contributed by atoms with Crippen molar-refractivity contribution in [2.45, 2.75) is 47.0 Å². The highest BCUT2D eigenvalue weighted by Gasteiger charge is 2.71. The number of carbonyl (C=O) groups is 2. The van der Waals surface area contributed by atoms with Crippen molar-refractivity contribution in [2.24, 2.45) is 21.4 Å². The lowest BCUT2D eigenvalue weighted by Gasteiger charge is -2.39. The Labute approximate surface area is 202 Å². The molecule has 33 heavy (non-hydrogen) atoms. The molecule has 0 aliphatic heterocycles. The lowest BCUT2D eigenvalue weighted by molar-refractivity contribution is -0.130. The highest BCUT2D eigenvalue weighted by molar-refractivity contribution is 9.10. The number of fused-ring (bicyclic) bond motifs is 2. The molecule has 2 aliphatic rings. The molecule has 1 N–H and O–H groups in total. The van der Waals surface area contributed by atoms with Crippen molar-refractivity contribution >= 4 is 39.2 Å². The van der Waals surface area contributed by atoms with E-state index in [1.165, 1.54) is 0 Å². The molecule has 1 amide bonds. The summed E-state index contributed by atoms with van der Waals surface area (Å²) in [5.74, 6) is 0.0611. The number of nitrogens with one attached hydrogen (secondary N) is 1. The second-order valence-electron chi connectivity index (χ2n) is 9.80. The van der Waals surface area contributed by atoms with E-state index in [-0.39, 0.29) is 16.7 Å².